The molecule has 0 fully saturated rings. The zero-order valence-electron chi connectivity index (χ0n) is 18.4. The lowest BCUT2D eigenvalue weighted by Gasteiger charge is -2.14. The molecule has 4 aromatic carbocycles. The molecule has 5 aromatic rings. The number of benzene rings is 4. The first kappa shape index (κ1) is 21.1. The maximum atomic E-state index is 5.55. The third-order valence-corrected chi connectivity index (χ3v) is 6.51. The monoisotopic (exact) mass is 453 g/mol. The summed E-state index contributed by atoms with van der Waals surface area (Å²) in [5.74, 6) is 2.90. The van der Waals surface area contributed by atoms with Crippen molar-refractivity contribution in [3.63, 3.8) is 0 Å². The second-order valence-electron chi connectivity index (χ2n) is 7.47. The highest BCUT2D eigenvalue weighted by Crippen LogP contribution is 2.35. The standard InChI is InChI=1S/C27H23N3O2S/c1-31-24-16-15-22(17-25(24)32-2)30-26(20-10-4-3-5-11-20)28-29-27(30)33-18-21-13-8-12-19-9-6-7-14-23(19)21/h3-17H,18H2,1-2H3. The maximum absolute atomic E-state index is 5.55. The summed E-state index contributed by atoms with van der Waals surface area (Å²) >= 11 is 1.67. The molecule has 0 aliphatic carbocycles. The van der Waals surface area contributed by atoms with Gasteiger partial charge in [-0.3, -0.25) is 4.57 Å². The van der Waals surface area contributed by atoms with E-state index in [9.17, 15) is 0 Å². The van der Waals surface area contributed by atoms with Gasteiger partial charge in [-0.2, -0.15) is 0 Å². The van der Waals surface area contributed by atoms with E-state index in [2.05, 4.69) is 57.2 Å². The largest absolute Gasteiger partial charge is 0.493 e. The van der Waals surface area contributed by atoms with E-state index in [0.29, 0.717) is 11.5 Å². The van der Waals surface area contributed by atoms with Crippen LogP contribution in [0.3, 0.4) is 0 Å². The van der Waals surface area contributed by atoms with E-state index in [1.54, 1.807) is 26.0 Å². The molecular formula is C27H23N3O2S. The van der Waals surface area contributed by atoms with Crippen LogP contribution in [0, 0.1) is 0 Å². The van der Waals surface area contributed by atoms with Crippen molar-refractivity contribution in [3.8, 4) is 28.6 Å². The minimum Gasteiger partial charge on any atom is -0.493 e. The van der Waals surface area contributed by atoms with Crippen LogP contribution in [0.25, 0.3) is 27.8 Å². The van der Waals surface area contributed by atoms with Crippen molar-refractivity contribution in [3.05, 3.63) is 96.6 Å². The van der Waals surface area contributed by atoms with Gasteiger partial charge in [0, 0.05) is 17.4 Å². The molecule has 0 atom stereocenters. The van der Waals surface area contributed by atoms with Gasteiger partial charge in [0.15, 0.2) is 22.5 Å². The normalized spacial score (nSPS) is 11.0. The van der Waals surface area contributed by atoms with Gasteiger partial charge >= 0.3 is 0 Å². The molecule has 0 saturated carbocycles. The van der Waals surface area contributed by atoms with Crippen LogP contribution in [-0.2, 0) is 5.75 Å². The molecule has 0 radical (unpaired) electrons. The highest BCUT2D eigenvalue weighted by molar-refractivity contribution is 7.98. The summed E-state index contributed by atoms with van der Waals surface area (Å²) in [6.45, 7) is 0. The van der Waals surface area contributed by atoms with Crippen molar-refractivity contribution in [1.82, 2.24) is 14.8 Å². The van der Waals surface area contributed by atoms with Crippen molar-refractivity contribution in [2.45, 2.75) is 10.9 Å². The SMILES string of the molecule is COc1ccc(-n2c(SCc3cccc4ccccc34)nnc2-c2ccccc2)cc1OC. The van der Waals surface area contributed by atoms with Crippen LogP contribution < -0.4 is 9.47 Å². The van der Waals surface area contributed by atoms with Crippen molar-refractivity contribution in [2.75, 3.05) is 14.2 Å². The quantitative estimate of drug-likeness (QED) is 0.267. The first-order valence-electron chi connectivity index (χ1n) is 10.6. The van der Waals surface area contributed by atoms with Gasteiger partial charge < -0.3 is 9.47 Å². The summed E-state index contributed by atoms with van der Waals surface area (Å²) in [5.41, 5.74) is 3.18. The Morgan fingerprint density at radius 2 is 1.52 bits per heavy atom. The van der Waals surface area contributed by atoms with Gasteiger partial charge in [0.25, 0.3) is 0 Å². The van der Waals surface area contributed by atoms with Crippen LogP contribution in [0.4, 0.5) is 0 Å². The third-order valence-electron chi connectivity index (χ3n) is 5.53. The summed E-state index contributed by atoms with van der Waals surface area (Å²) in [5, 5.41) is 12.4. The first-order valence-corrected chi connectivity index (χ1v) is 11.6. The topological polar surface area (TPSA) is 49.2 Å². The second-order valence-corrected chi connectivity index (χ2v) is 8.42. The van der Waals surface area contributed by atoms with E-state index >= 15 is 0 Å². The van der Waals surface area contributed by atoms with Crippen molar-refractivity contribution in [2.24, 2.45) is 0 Å². The molecule has 1 heterocycles. The lowest BCUT2D eigenvalue weighted by molar-refractivity contribution is 0.355. The predicted octanol–water partition coefficient (Wildman–Crippen LogP) is 6.40. The Labute approximate surface area is 197 Å². The molecule has 1 aromatic heterocycles. The molecule has 0 amide bonds. The highest BCUT2D eigenvalue weighted by Gasteiger charge is 2.18. The van der Waals surface area contributed by atoms with Crippen molar-refractivity contribution < 1.29 is 9.47 Å². The van der Waals surface area contributed by atoms with Crippen LogP contribution in [0.2, 0.25) is 0 Å². The average Bonchev–Trinajstić information content (AvgIpc) is 3.31. The van der Waals surface area contributed by atoms with Crippen molar-refractivity contribution in [1.29, 1.82) is 0 Å². The summed E-state index contributed by atoms with van der Waals surface area (Å²) in [7, 11) is 3.28. The summed E-state index contributed by atoms with van der Waals surface area (Å²) < 4.78 is 13.1. The number of thioether (sulfide) groups is 1. The van der Waals surface area contributed by atoms with Gasteiger partial charge in [-0.1, -0.05) is 84.6 Å². The third kappa shape index (κ3) is 4.17. The van der Waals surface area contributed by atoms with Gasteiger partial charge in [0.1, 0.15) is 0 Å². The van der Waals surface area contributed by atoms with E-state index in [1.807, 2.05) is 48.5 Å². The van der Waals surface area contributed by atoms with Gasteiger partial charge in [-0.15, -0.1) is 10.2 Å². The number of ether oxygens (including phenoxy) is 2. The summed E-state index contributed by atoms with van der Waals surface area (Å²) in [6.07, 6.45) is 0. The zero-order chi connectivity index (χ0) is 22.6. The minimum absolute atomic E-state index is 0.660. The Morgan fingerprint density at radius 1 is 0.758 bits per heavy atom. The fourth-order valence-corrected chi connectivity index (χ4v) is 4.85. The Bertz CT molecular complexity index is 1390. The second kappa shape index (κ2) is 9.38. The lowest BCUT2D eigenvalue weighted by atomic mass is 10.1. The maximum Gasteiger partial charge on any atom is 0.196 e. The van der Waals surface area contributed by atoms with Crippen LogP contribution in [0.5, 0.6) is 11.5 Å². The van der Waals surface area contributed by atoms with Gasteiger partial charge in [0.05, 0.1) is 19.9 Å². The molecule has 5 rings (SSSR count). The number of hydrogen-bond acceptors (Lipinski definition) is 5. The highest BCUT2D eigenvalue weighted by atomic mass is 32.2. The van der Waals surface area contributed by atoms with E-state index in [0.717, 1.165) is 28.0 Å². The first-order chi connectivity index (χ1) is 16.3. The Balaban J connectivity index is 1.57. The number of aromatic nitrogens is 3. The molecule has 0 N–H and O–H groups in total. The smallest absolute Gasteiger partial charge is 0.196 e. The Hall–Kier alpha value is -3.77. The average molecular weight is 454 g/mol. The fraction of sp³-hybridized carbons (Fsp3) is 0.111. The van der Waals surface area contributed by atoms with Gasteiger partial charge in [0.2, 0.25) is 0 Å². The molecule has 33 heavy (non-hydrogen) atoms. The molecule has 0 spiro atoms. The Kier molecular flexibility index (Phi) is 6.00. The van der Waals surface area contributed by atoms with Gasteiger partial charge in [-0.25, -0.2) is 0 Å². The van der Waals surface area contributed by atoms with Crippen LogP contribution >= 0.6 is 11.8 Å². The number of nitrogens with zero attached hydrogens (tertiary/aromatic N) is 3. The molecule has 0 saturated heterocycles. The number of fused-ring (bicyclic) bond motifs is 1. The van der Waals surface area contributed by atoms with E-state index in [-0.39, 0.29) is 0 Å². The summed E-state index contributed by atoms with van der Waals surface area (Å²) in [6, 6.07) is 30.8. The molecule has 5 nitrogen and oxygen atoms in total. The summed E-state index contributed by atoms with van der Waals surface area (Å²) in [4.78, 5) is 0. The number of rotatable bonds is 7. The van der Waals surface area contributed by atoms with Gasteiger partial charge in [-0.05, 0) is 28.5 Å². The van der Waals surface area contributed by atoms with Crippen LogP contribution in [0.15, 0.2) is 96.2 Å². The van der Waals surface area contributed by atoms with E-state index in [1.165, 1.54) is 16.3 Å². The van der Waals surface area contributed by atoms with Crippen LogP contribution in [0.1, 0.15) is 5.56 Å². The fourth-order valence-electron chi connectivity index (χ4n) is 3.90. The van der Waals surface area contributed by atoms with E-state index < -0.39 is 0 Å². The molecule has 0 aliphatic heterocycles. The molecular weight excluding hydrogens is 430 g/mol. The van der Waals surface area contributed by atoms with Crippen molar-refractivity contribution >= 4 is 22.5 Å². The number of methoxy groups -OCH3 is 2. The molecule has 0 unspecified atom stereocenters. The lowest BCUT2D eigenvalue weighted by Crippen LogP contribution is -2.01. The number of hydrogen-bond donors (Lipinski definition) is 0. The zero-order valence-corrected chi connectivity index (χ0v) is 19.3. The Morgan fingerprint density at radius 3 is 2.33 bits per heavy atom. The van der Waals surface area contributed by atoms with E-state index in [4.69, 9.17) is 9.47 Å². The minimum atomic E-state index is 0.660. The molecule has 6 heteroatoms. The van der Waals surface area contributed by atoms with Crippen LogP contribution in [-0.4, -0.2) is 29.0 Å². The molecule has 0 aliphatic rings. The molecule has 0 bridgehead atoms. The predicted molar refractivity (Wildman–Crippen MR) is 133 cm³/mol. The molecule has 164 valence electrons.